The third-order valence-electron chi connectivity index (χ3n) is 4.26. The van der Waals surface area contributed by atoms with E-state index in [2.05, 4.69) is 0 Å². The van der Waals surface area contributed by atoms with Gasteiger partial charge in [-0.05, 0) is 30.4 Å². The summed E-state index contributed by atoms with van der Waals surface area (Å²) in [6, 6.07) is 7.78. The summed E-state index contributed by atoms with van der Waals surface area (Å²) in [6.07, 6.45) is 2.51. The van der Waals surface area contributed by atoms with Gasteiger partial charge in [0.15, 0.2) is 0 Å². The lowest BCUT2D eigenvalue weighted by Gasteiger charge is -2.29. The molecule has 2 amide bonds. The van der Waals surface area contributed by atoms with Crippen molar-refractivity contribution in [2.24, 2.45) is 17.6 Å². The van der Waals surface area contributed by atoms with E-state index in [1.54, 1.807) is 0 Å². The van der Waals surface area contributed by atoms with Crippen molar-refractivity contribution >= 4 is 11.8 Å². The number of carbonyl (C=O) groups is 2. The number of imide groups is 1. The molecule has 1 aliphatic heterocycles. The number of nitrogens with two attached hydrogens (primary N) is 1. The van der Waals surface area contributed by atoms with E-state index in [9.17, 15) is 9.59 Å². The highest BCUT2D eigenvalue weighted by Crippen LogP contribution is 2.38. The molecule has 1 aromatic rings. The fraction of sp³-hybridized carbons (Fsp3) is 0.467. The van der Waals surface area contributed by atoms with Gasteiger partial charge in [0.05, 0.1) is 6.54 Å². The largest absolute Gasteiger partial charge is 0.326 e. The molecule has 3 rings (SSSR count). The van der Waals surface area contributed by atoms with Gasteiger partial charge in [0.25, 0.3) is 0 Å². The van der Waals surface area contributed by atoms with Gasteiger partial charge in [0.2, 0.25) is 11.8 Å². The van der Waals surface area contributed by atoms with Crippen LogP contribution in [0.2, 0.25) is 0 Å². The Morgan fingerprint density at radius 3 is 2.05 bits per heavy atom. The van der Waals surface area contributed by atoms with Crippen LogP contribution in [0.25, 0.3) is 0 Å². The summed E-state index contributed by atoms with van der Waals surface area (Å²) in [6.45, 7) is 0.904. The van der Waals surface area contributed by atoms with Crippen molar-refractivity contribution in [2.75, 3.05) is 0 Å². The molecule has 2 aliphatic rings. The minimum atomic E-state index is 0.0154. The van der Waals surface area contributed by atoms with E-state index in [0.717, 1.165) is 30.4 Å². The highest BCUT2D eigenvalue weighted by atomic mass is 16.2. The lowest BCUT2D eigenvalue weighted by Crippen LogP contribution is -2.45. The van der Waals surface area contributed by atoms with Crippen molar-refractivity contribution < 1.29 is 9.59 Å². The summed E-state index contributed by atoms with van der Waals surface area (Å²) in [5.74, 6) is 0.181. The van der Waals surface area contributed by atoms with Gasteiger partial charge < -0.3 is 5.73 Å². The zero-order valence-electron chi connectivity index (χ0n) is 10.8. The number of nitrogens with zero attached hydrogens (tertiary/aromatic N) is 1. The monoisotopic (exact) mass is 258 g/mol. The number of hydrogen-bond acceptors (Lipinski definition) is 3. The molecule has 1 heterocycles. The highest BCUT2D eigenvalue weighted by Gasteiger charge is 2.44. The minimum absolute atomic E-state index is 0.0154. The van der Waals surface area contributed by atoms with Crippen LogP contribution in [0.3, 0.4) is 0 Å². The van der Waals surface area contributed by atoms with Gasteiger partial charge in [-0.15, -0.1) is 0 Å². The number of benzene rings is 1. The number of carbonyl (C=O) groups excluding carboxylic acids is 2. The SMILES string of the molecule is NCc1ccc(CN2C(=O)C3CCC(C3)C2=O)cc1. The van der Waals surface area contributed by atoms with Crippen LogP contribution in [0.4, 0.5) is 0 Å². The number of rotatable bonds is 3. The topological polar surface area (TPSA) is 63.4 Å². The predicted octanol–water partition coefficient (Wildman–Crippen LogP) is 1.43. The molecule has 2 atom stereocenters. The van der Waals surface area contributed by atoms with Crippen LogP contribution in [-0.4, -0.2) is 16.7 Å². The van der Waals surface area contributed by atoms with Crippen molar-refractivity contribution in [2.45, 2.75) is 32.4 Å². The van der Waals surface area contributed by atoms with Gasteiger partial charge >= 0.3 is 0 Å². The number of likely N-dealkylation sites (tertiary alicyclic amines) is 1. The molecule has 0 spiro atoms. The fourth-order valence-electron chi connectivity index (χ4n) is 3.10. The van der Waals surface area contributed by atoms with Crippen LogP contribution in [0, 0.1) is 11.8 Å². The molecule has 2 fully saturated rings. The molecule has 0 radical (unpaired) electrons. The maximum Gasteiger partial charge on any atom is 0.232 e. The first-order chi connectivity index (χ1) is 9.19. The van der Waals surface area contributed by atoms with E-state index in [4.69, 9.17) is 5.73 Å². The fourth-order valence-corrected chi connectivity index (χ4v) is 3.10. The highest BCUT2D eigenvalue weighted by molar-refractivity contribution is 6.00. The summed E-state index contributed by atoms with van der Waals surface area (Å²) in [4.78, 5) is 25.9. The van der Waals surface area contributed by atoms with Crippen molar-refractivity contribution in [1.82, 2.24) is 4.90 Å². The third-order valence-corrected chi connectivity index (χ3v) is 4.26. The second-order valence-corrected chi connectivity index (χ2v) is 5.49. The summed E-state index contributed by atoms with van der Waals surface area (Å²) >= 11 is 0. The lowest BCUT2D eigenvalue weighted by molar-refractivity contribution is -0.153. The first-order valence-corrected chi connectivity index (χ1v) is 6.82. The molecule has 2 bridgehead atoms. The zero-order valence-corrected chi connectivity index (χ0v) is 10.8. The van der Waals surface area contributed by atoms with Crippen molar-refractivity contribution in [3.05, 3.63) is 35.4 Å². The van der Waals surface area contributed by atoms with E-state index < -0.39 is 0 Å². The molecule has 0 aromatic heterocycles. The summed E-state index contributed by atoms with van der Waals surface area (Å²) < 4.78 is 0. The Morgan fingerprint density at radius 1 is 1.00 bits per heavy atom. The Labute approximate surface area is 112 Å². The smallest absolute Gasteiger partial charge is 0.232 e. The summed E-state index contributed by atoms with van der Waals surface area (Å²) in [5, 5.41) is 0. The number of fused-ring (bicyclic) bond motifs is 2. The molecule has 1 aromatic carbocycles. The standard InChI is InChI=1S/C15H18N2O2/c16-8-10-1-3-11(4-2-10)9-17-14(18)12-5-6-13(7-12)15(17)19/h1-4,12-13H,5-9,16H2. The van der Waals surface area contributed by atoms with Gasteiger partial charge in [-0.3, -0.25) is 14.5 Å². The first-order valence-electron chi connectivity index (χ1n) is 6.82. The van der Waals surface area contributed by atoms with Crippen LogP contribution >= 0.6 is 0 Å². The molecule has 1 aliphatic carbocycles. The predicted molar refractivity (Wildman–Crippen MR) is 70.7 cm³/mol. The first kappa shape index (κ1) is 12.4. The van der Waals surface area contributed by atoms with Gasteiger partial charge in [0.1, 0.15) is 0 Å². The van der Waals surface area contributed by atoms with Crippen molar-refractivity contribution in [3.8, 4) is 0 Å². The molecule has 100 valence electrons. The van der Waals surface area contributed by atoms with E-state index in [-0.39, 0.29) is 23.7 Å². The Kier molecular flexibility index (Phi) is 3.11. The number of piperidine rings is 1. The van der Waals surface area contributed by atoms with Crippen LogP contribution in [0.5, 0.6) is 0 Å². The van der Waals surface area contributed by atoms with Crippen molar-refractivity contribution in [1.29, 1.82) is 0 Å². The van der Waals surface area contributed by atoms with Crippen molar-refractivity contribution in [3.63, 3.8) is 0 Å². The third kappa shape index (κ3) is 2.16. The Hall–Kier alpha value is -1.68. The van der Waals surface area contributed by atoms with E-state index in [1.807, 2.05) is 24.3 Å². The van der Waals surface area contributed by atoms with Crippen LogP contribution in [-0.2, 0) is 22.7 Å². The van der Waals surface area contributed by atoms with Crippen LogP contribution in [0.1, 0.15) is 30.4 Å². The Balaban J connectivity index is 1.78. The second-order valence-electron chi connectivity index (χ2n) is 5.49. The average Bonchev–Trinajstić information content (AvgIpc) is 2.89. The lowest BCUT2D eigenvalue weighted by atomic mass is 9.96. The van der Waals surface area contributed by atoms with Gasteiger partial charge in [-0.2, -0.15) is 0 Å². The van der Waals surface area contributed by atoms with E-state index >= 15 is 0 Å². The molecule has 19 heavy (non-hydrogen) atoms. The summed E-state index contributed by atoms with van der Waals surface area (Å²) in [5.41, 5.74) is 7.60. The molecule has 4 nitrogen and oxygen atoms in total. The molecular formula is C15H18N2O2. The van der Waals surface area contributed by atoms with E-state index in [0.29, 0.717) is 13.1 Å². The van der Waals surface area contributed by atoms with Gasteiger partial charge in [-0.1, -0.05) is 24.3 Å². The Bertz CT molecular complexity index is 487. The molecular weight excluding hydrogens is 240 g/mol. The molecule has 1 saturated heterocycles. The molecule has 2 N–H and O–H groups in total. The number of amides is 2. The Morgan fingerprint density at radius 2 is 1.53 bits per heavy atom. The van der Waals surface area contributed by atoms with Crippen LogP contribution < -0.4 is 5.73 Å². The summed E-state index contributed by atoms with van der Waals surface area (Å²) in [7, 11) is 0. The minimum Gasteiger partial charge on any atom is -0.326 e. The van der Waals surface area contributed by atoms with Crippen LogP contribution in [0.15, 0.2) is 24.3 Å². The maximum absolute atomic E-state index is 12.2. The zero-order chi connectivity index (χ0) is 13.4. The quantitative estimate of drug-likeness (QED) is 0.834. The van der Waals surface area contributed by atoms with Gasteiger partial charge in [0, 0.05) is 18.4 Å². The molecule has 4 heteroatoms. The average molecular weight is 258 g/mol. The van der Waals surface area contributed by atoms with Gasteiger partial charge in [-0.25, -0.2) is 0 Å². The number of hydrogen-bond donors (Lipinski definition) is 1. The van der Waals surface area contributed by atoms with E-state index in [1.165, 1.54) is 4.90 Å². The molecule has 2 unspecified atom stereocenters. The normalized spacial score (nSPS) is 26.1. The molecule has 1 saturated carbocycles. The maximum atomic E-state index is 12.2. The second kappa shape index (κ2) is 4.78.